The number of carbonyl (C=O) groups is 1. The van der Waals surface area contributed by atoms with Gasteiger partial charge in [-0.2, -0.15) is 0 Å². The Morgan fingerprint density at radius 2 is 2.00 bits per heavy atom. The third kappa shape index (κ3) is 6.88. The van der Waals surface area contributed by atoms with Crippen LogP contribution in [0, 0.1) is 12.7 Å². The maximum Gasteiger partial charge on any atom is 0.246 e. The third-order valence-electron chi connectivity index (χ3n) is 5.98. The Kier molecular flexibility index (Phi) is 9.01. The number of hydrogen-bond donors (Lipinski definition) is 2. The van der Waals surface area contributed by atoms with Crippen LogP contribution < -0.4 is 9.46 Å². The van der Waals surface area contributed by atoms with Crippen molar-refractivity contribution in [3.8, 4) is 5.75 Å². The molecule has 0 bridgehead atoms. The van der Waals surface area contributed by atoms with Crippen molar-refractivity contribution in [3.63, 3.8) is 0 Å². The van der Waals surface area contributed by atoms with Crippen molar-refractivity contribution in [2.24, 2.45) is 0 Å². The molecule has 0 radical (unpaired) electrons. The summed E-state index contributed by atoms with van der Waals surface area (Å²) < 4.78 is 47.4. The predicted molar refractivity (Wildman–Crippen MR) is 131 cm³/mol. The van der Waals surface area contributed by atoms with Crippen LogP contribution in [0.1, 0.15) is 24.2 Å². The fraction of sp³-hybridized carbons (Fsp3) is 0.400. The van der Waals surface area contributed by atoms with E-state index in [1.807, 2.05) is 13.0 Å². The Labute approximate surface area is 206 Å². The van der Waals surface area contributed by atoms with Crippen molar-refractivity contribution in [3.05, 3.63) is 72.1 Å². The van der Waals surface area contributed by atoms with Crippen LogP contribution in [0.3, 0.4) is 0 Å². The molecule has 0 spiro atoms. The van der Waals surface area contributed by atoms with E-state index in [0.717, 1.165) is 0 Å². The minimum absolute atomic E-state index is 0.0134. The number of amides is 1. The van der Waals surface area contributed by atoms with Gasteiger partial charge in [0.05, 0.1) is 11.5 Å². The van der Waals surface area contributed by atoms with Gasteiger partial charge in [0.2, 0.25) is 15.9 Å². The topological polar surface area (TPSA) is 99.2 Å². The SMILES string of the molecule is C=CC(=O)N1CCN(C[C@@H](Oc2ccc(S(=O)(=O)NCCO)cc2)c2ccc(C)c(F)c2)C[C@H]1C. The summed E-state index contributed by atoms with van der Waals surface area (Å²) in [6, 6.07) is 10.9. The summed E-state index contributed by atoms with van der Waals surface area (Å²) in [7, 11) is -3.74. The number of halogens is 1. The number of ether oxygens (including phenoxy) is 1. The average Bonchev–Trinajstić information content (AvgIpc) is 2.84. The van der Waals surface area contributed by atoms with Crippen LogP contribution in [0.5, 0.6) is 5.75 Å². The lowest BCUT2D eigenvalue weighted by Crippen LogP contribution is -2.54. The number of rotatable bonds is 10. The zero-order valence-corrected chi connectivity index (χ0v) is 20.8. The summed E-state index contributed by atoms with van der Waals surface area (Å²) in [5.74, 6) is 0.00181. The maximum absolute atomic E-state index is 14.4. The molecule has 1 aliphatic rings. The molecule has 2 aromatic carbocycles. The van der Waals surface area contributed by atoms with Crippen molar-refractivity contribution in [1.82, 2.24) is 14.5 Å². The Bertz CT molecular complexity index is 1140. The second-order valence-electron chi connectivity index (χ2n) is 8.55. The number of sulfonamides is 1. The van der Waals surface area contributed by atoms with Gasteiger partial charge < -0.3 is 14.7 Å². The molecule has 1 amide bonds. The van der Waals surface area contributed by atoms with E-state index < -0.39 is 16.1 Å². The standard InChI is InChI=1S/C25H32FN3O5S/c1-4-25(31)29-13-12-28(16-19(29)3)17-24(20-6-5-18(2)23(26)15-20)34-21-7-9-22(10-8-21)35(32,33)27-11-14-30/h4-10,15,19,24,27,30H,1,11-14,16-17H2,2-3H3/t19-,24-/m1/s1. The number of aliphatic hydroxyl groups excluding tert-OH is 1. The van der Waals surface area contributed by atoms with Gasteiger partial charge in [0.15, 0.2) is 0 Å². The summed E-state index contributed by atoms with van der Waals surface area (Å²) >= 11 is 0. The Balaban J connectivity index is 1.79. The van der Waals surface area contributed by atoms with Crippen molar-refractivity contribution >= 4 is 15.9 Å². The molecular weight excluding hydrogens is 473 g/mol. The van der Waals surface area contributed by atoms with E-state index in [0.29, 0.717) is 43.1 Å². The highest BCUT2D eigenvalue weighted by Gasteiger charge is 2.28. The number of hydrogen-bond acceptors (Lipinski definition) is 6. The van der Waals surface area contributed by atoms with Gasteiger partial charge in [-0.15, -0.1) is 0 Å². The molecule has 1 fully saturated rings. The number of nitrogens with one attached hydrogen (secondary N) is 1. The first kappa shape index (κ1) is 26.8. The Morgan fingerprint density at radius 1 is 1.29 bits per heavy atom. The normalized spacial score (nSPS) is 17.7. The molecular formula is C25H32FN3O5S. The highest BCUT2D eigenvalue weighted by molar-refractivity contribution is 7.89. The number of aliphatic hydroxyl groups is 1. The van der Waals surface area contributed by atoms with Crippen LogP contribution >= 0.6 is 0 Å². The molecule has 1 saturated heterocycles. The lowest BCUT2D eigenvalue weighted by molar-refractivity contribution is -0.130. The Hall–Kier alpha value is -2.79. The molecule has 8 nitrogen and oxygen atoms in total. The van der Waals surface area contributed by atoms with Crippen molar-refractivity contribution in [2.45, 2.75) is 30.9 Å². The molecule has 0 aromatic heterocycles. The van der Waals surface area contributed by atoms with Gasteiger partial charge in [0.25, 0.3) is 0 Å². The number of piperazine rings is 1. The highest BCUT2D eigenvalue weighted by atomic mass is 32.2. The van der Waals surface area contributed by atoms with Crippen LogP contribution in [0.15, 0.2) is 60.0 Å². The number of carbonyl (C=O) groups excluding carboxylic acids is 1. The van der Waals surface area contributed by atoms with Gasteiger partial charge in [-0.05, 0) is 61.4 Å². The number of nitrogens with zero attached hydrogens (tertiary/aromatic N) is 2. The average molecular weight is 506 g/mol. The zero-order chi connectivity index (χ0) is 25.6. The third-order valence-corrected chi connectivity index (χ3v) is 7.45. The second kappa shape index (κ2) is 11.8. The summed E-state index contributed by atoms with van der Waals surface area (Å²) in [5, 5.41) is 8.87. The fourth-order valence-electron chi connectivity index (χ4n) is 4.02. The fourth-order valence-corrected chi connectivity index (χ4v) is 5.04. The first-order chi connectivity index (χ1) is 16.6. The molecule has 35 heavy (non-hydrogen) atoms. The lowest BCUT2D eigenvalue weighted by Gasteiger charge is -2.40. The smallest absolute Gasteiger partial charge is 0.246 e. The maximum atomic E-state index is 14.4. The lowest BCUT2D eigenvalue weighted by atomic mass is 10.0. The van der Waals surface area contributed by atoms with E-state index in [1.165, 1.54) is 24.3 Å². The van der Waals surface area contributed by atoms with Gasteiger partial charge >= 0.3 is 0 Å². The molecule has 0 unspecified atom stereocenters. The second-order valence-corrected chi connectivity index (χ2v) is 10.3. The van der Waals surface area contributed by atoms with Gasteiger partial charge in [0.1, 0.15) is 17.7 Å². The van der Waals surface area contributed by atoms with E-state index >= 15 is 0 Å². The van der Waals surface area contributed by atoms with Crippen LogP contribution in [-0.2, 0) is 14.8 Å². The van der Waals surface area contributed by atoms with E-state index in [2.05, 4.69) is 16.2 Å². The monoisotopic (exact) mass is 505 g/mol. The molecule has 2 N–H and O–H groups in total. The van der Waals surface area contributed by atoms with Crippen LogP contribution in [0.4, 0.5) is 4.39 Å². The molecule has 190 valence electrons. The molecule has 10 heteroatoms. The van der Waals surface area contributed by atoms with E-state index in [9.17, 15) is 17.6 Å². The van der Waals surface area contributed by atoms with Gasteiger partial charge in [0, 0.05) is 38.8 Å². The van der Waals surface area contributed by atoms with Crippen molar-refractivity contribution < 1.29 is 27.4 Å². The van der Waals surface area contributed by atoms with E-state index in [-0.39, 0.29) is 35.8 Å². The largest absolute Gasteiger partial charge is 0.484 e. The summed E-state index contributed by atoms with van der Waals surface area (Å²) in [4.78, 5) is 16.0. The first-order valence-electron chi connectivity index (χ1n) is 11.4. The molecule has 2 aromatic rings. The molecule has 1 aliphatic heterocycles. The molecule has 0 aliphatic carbocycles. The molecule has 2 atom stereocenters. The quantitative estimate of drug-likeness (QED) is 0.481. The summed E-state index contributed by atoms with van der Waals surface area (Å²) in [6.07, 6.45) is 0.796. The van der Waals surface area contributed by atoms with E-state index in [1.54, 1.807) is 30.0 Å². The van der Waals surface area contributed by atoms with Crippen molar-refractivity contribution in [1.29, 1.82) is 0 Å². The minimum atomic E-state index is -3.74. The van der Waals surface area contributed by atoms with Gasteiger partial charge in [-0.25, -0.2) is 17.5 Å². The predicted octanol–water partition coefficient (Wildman–Crippen LogP) is 2.24. The van der Waals surface area contributed by atoms with Crippen LogP contribution in [0.25, 0.3) is 0 Å². The number of benzene rings is 2. The number of aryl methyl sites for hydroxylation is 1. The zero-order valence-electron chi connectivity index (χ0n) is 20.0. The summed E-state index contributed by atoms with van der Waals surface area (Å²) in [5.41, 5.74) is 1.19. The molecule has 3 rings (SSSR count). The summed E-state index contributed by atoms with van der Waals surface area (Å²) in [6.45, 7) is 9.11. The van der Waals surface area contributed by atoms with Crippen LogP contribution in [0.2, 0.25) is 0 Å². The van der Waals surface area contributed by atoms with Gasteiger partial charge in [-0.1, -0.05) is 18.7 Å². The van der Waals surface area contributed by atoms with E-state index in [4.69, 9.17) is 9.84 Å². The molecule has 0 saturated carbocycles. The molecule has 1 heterocycles. The Morgan fingerprint density at radius 3 is 2.60 bits per heavy atom. The minimum Gasteiger partial charge on any atom is -0.484 e. The van der Waals surface area contributed by atoms with Crippen molar-refractivity contribution in [2.75, 3.05) is 39.3 Å². The van der Waals surface area contributed by atoms with Gasteiger partial charge in [-0.3, -0.25) is 9.69 Å². The van der Waals surface area contributed by atoms with Crippen LogP contribution in [-0.4, -0.2) is 74.6 Å². The highest BCUT2D eigenvalue weighted by Crippen LogP contribution is 2.27. The first-order valence-corrected chi connectivity index (χ1v) is 12.9.